The van der Waals surface area contributed by atoms with Crippen molar-refractivity contribution in [1.82, 2.24) is 19.7 Å². The van der Waals surface area contributed by atoms with Gasteiger partial charge < -0.3 is 5.73 Å². The van der Waals surface area contributed by atoms with Gasteiger partial charge in [-0.1, -0.05) is 18.2 Å². The van der Waals surface area contributed by atoms with Crippen molar-refractivity contribution < 1.29 is 0 Å². The number of rotatable bonds is 2. The molecule has 4 rings (SSSR count). The van der Waals surface area contributed by atoms with E-state index >= 15 is 0 Å². The molecule has 2 aromatic carbocycles. The summed E-state index contributed by atoms with van der Waals surface area (Å²) in [6.45, 7) is 0. The lowest BCUT2D eigenvalue weighted by atomic mass is 10.2. The molecule has 0 spiro atoms. The topological polar surface area (TPSA) is 73.7 Å². The Labute approximate surface area is 120 Å². The van der Waals surface area contributed by atoms with Crippen molar-refractivity contribution in [3.63, 3.8) is 0 Å². The second kappa shape index (κ2) is 4.24. The Morgan fingerprint density at radius 3 is 2.71 bits per heavy atom. The van der Waals surface area contributed by atoms with E-state index in [1.165, 1.54) is 0 Å². The molecule has 2 heterocycles. The quantitative estimate of drug-likeness (QED) is 0.552. The third-order valence-electron chi connectivity index (χ3n) is 3.62. The summed E-state index contributed by atoms with van der Waals surface area (Å²) < 4.78 is 1.84. The average Bonchev–Trinajstić information content (AvgIpc) is 3.04. The van der Waals surface area contributed by atoms with Gasteiger partial charge in [-0.25, -0.2) is 0 Å². The Kier molecular flexibility index (Phi) is 2.38. The number of hydrogen-bond acceptors (Lipinski definition) is 4. The first-order chi connectivity index (χ1) is 10.2. The van der Waals surface area contributed by atoms with Crippen LogP contribution < -0.4 is 11.2 Å². The molecule has 21 heavy (non-hydrogen) atoms. The molecule has 0 amide bonds. The molecule has 0 bridgehead atoms. The SMILES string of the molecule is Cn1nc(Nn2ncc3c(N)cccc32)c2ccccc21. The minimum absolute atomic E-state index is 0.714. The van der Waals surface area contributed by atoms with Gasteiger partial charge in [-0.15, -0.1) is 0 Å². The predicted octanol–water partition coefficient (Wildman–Crippen LogP) is 2.38. The van der Waals surface area contributed by atoms with Crippen LogP contribution in [0, 0.1) is 0 Å². The molecule has 2 aromatic heterocycles. The van der Waals surface area contributed by atoms with Gasteiger partial charge in [0.15, 0.2) is 5.82 Å². The van der Waals surface area contributed by atoms with Gasteiger partial charge in [0, 0.05) is 23.5 Å². The lowest BCUT2D eigenvalue weighted by Gasteiger charge is -2.05. The average molecular weight is 278 g/mol. The van der Waals surface area contributed by atoms with Crippen LogP contribution in [-0.2, 0) is 7.05 Å². The van der Waals surface area contributed by atoms with E-state index < -0.39 is 0 Å². The number of nitrogens with zero attached hydrogens (tertiary/aromatic N) is 4. The Hall–Kier alpha value is -3.02. The molecule has 0 atom stereocenters. The highest BCUT2D eigenvalue weighted by Crippen LogP contribution is 2.24. The van der Waals surface area contributed by atoms with Crippen molar-refractivity contribution in [1.29, 1.82) is 0 Å². The van der Waals surface area contributed by atoms with E-state index in [4.69, 9.17) is 5.73 Å². The summed E-state index contributed by atoms with van der Waals surface area (Å²) in [6, 6.07) is 13.8. The fraction of sp³-hybridized carbons (Fsp3) is 0.0667. The van der Waals surface area contributed by atoms with E-state index in [-0.39, 0.29) is 0 Å². The highest BCUT2D eigenvalue weighted by Gasteiger charge is 2.10. The molecule has 0 aliphatic heterocycles. The van der Waals surface area contributed by atoms with Gasteiger partial charge in [-0.2, -0.15) is 15.0 Å². The van der Waals surface area contributed by atoms with Crippen molar-refractivity contribution in [2.75, 3.05) is 11.2 Å². The summed E-state index contributed by atoms with van der Waals surface area (Å²) >= 11 is 0. The van der Waals surface area contributed by atoms with Gasteiger partial charge in [0.25, 0.3) is 0 Å². The van der Waals surface area contributed by atoms with Gasteiger partial charge in [-0.05, 0) is 24.3 Å². The summed E-state index contributed by atoms with van der Waals surface area (Å²) in [5.41, 5.74) is 11.9. The number of anilines is 2. The van der Waals surface area contributed by atoms with Crippen LogP contribution in [0.2, 0.25) is 0 Å². The molecule has 0 saturated heterocycles. The number of aromatic nitrogens is 4. The maximum Gasteiger partial charge on any atom is 0.176 e. The van der Waals surface area contributed by atoms with Crippen molar-refractivity contribution in [3.05, 3.63) is 48.7 Å². The van der Waals surface area contributed by atoms with Gasteiger partial charge in [-0.3, -0.25) is 10.1 Å². The van der Waals surface area contributed by atoms with Crippen molar-refractivity contribution >= 4 is 33.3 Å². The number of hydrogen-bond donors (Lipinski definition) is 2. The van der Waals surface area contributed by atoms with E-state index in [9.17, 15) is 0 Å². The number of nitrogens with one attached hydrogen (secondary N) is 1. The largest absolute Gasteiger partial charge is 0.398 e. The van der Waals surface area contributed by atoms with Gasteiger partial charge in [0.1, 0.15) is 0 Å². The lowest BCUT2D eigenvalue weighted by Crippen LogP contribution is -2.11. The molecule has 0 radical (unpaired) electrons. The lowest BCUT2D eigenvalue weighted by molar-refractivity contribution is 0.772. The fourth-order valence-electron chi connectivity index (χ4n) is 2.56. The molecule has 104 valence electrons. The predicted molar refractivity (Wildman–Crippen MR) is 83.9 cm³/mol. The van der Waals surface area contributed by atoms with Crippen molar-refractivity contribution in [2.24, 2.45) is 7.05 Å². The van der Waals surface area contributed by atoms with Crippen LogP contribution in [0.4, 0.5) is 11.5 Å². The van der Waals surface area contributed by atoms with Crippen LogP contribution in [0.5, 0.6) is 0 Å². The number of nitrogen functional groups attached to an aromatic ring is 1. The molecule has 6 nitrogen and oxygen atoms in total. The zero-order chi connectivity index (χ0) is 14.4. The number of aryl methyl sites for hydroxylation is 1. The van der Waals surface area contributed by atoms with E-state index in [0.29, 0.717) is 5.69 Å². The van der Waals surface area contributed by atoms with Crippen molar-refractivity contribution in [3.8, 4) is 0 Å². The van der Waals surface area contributed by atoms with E-state index in [1.54, 1.807) is 11.0 Å². The Bertz CT molecular complexity index is 949. The first kappa shape index (κ1) is 11.8. The standard InChI is InChI=1S/C15H14N6/c1-20-13-7-3-2-5-10(13)15(18-20)19-21-14-8-4-6-12(16)11(14)9-17-21/h2-9H,16H2,1H3,(H,18,19). The van der Waals surface area contributed by atoms with Gasteiger partial charge in [0.05, 0.1) is 17.2 Å². The summed E-state index contributed by atoms with van der Waals surface area (Å²) in [4.78, 5) is 1.69. The number of nitrogens with two attached hydrogens (primary N) is 1. The highest BCUT2D eigenvalue weighted by atomic mass is 15.6. The smallest absolute Gasteiger partial charge is 0.176 e. The van der Waals surface area contributed by atoms with Crippen LogP contribution in [0.15, 0.2) is 48.7 Å². The first-order valence-corrected chi connectivity index (χ1v) is 6.65. The molecule has 3 N–H and O–H groups in total. The van der Waals surface area contributed by atoms with E-state index in [0.717, 1.165) is 27.6 Å². The molecule has 0 saturated carbocycles. The maximum atomic E-state index is 5.96. The second-order valence-corrected chi connectivity index (χ2v) is 4.94. The molecule has 0 unspecified atom stereocenters. The third kappa shape index (κ3) is 1.73. The molecular weight excluding hydrogens is 264 g/mol. The molecule has 0 aliphatic carbocycles. The zero-order valence-corrected chi connectivity index (χ0v) is 11.5. The molecule has 6 heteroatoms. The number of para-hydroxylation sites is 1. The van der Waals surface area contributed by atoms with Crippen LogP contribution in [0.1, 0.15) is 0 Å². The van der Waals surface area contributed by atoms with Crippen LogP contribution in [-0.4, -0.2) is 19.7 Å². The Morgan fingerprint density at radius 2 is 1.81 bits per heavy atom. The normalized spacial score (nSPS) is 11.3. The Balaban J connectivity index is 1.85. The number of benzene rings is 2. The molecule has 4 aromatic rings. The maximum absolute atomic E-state index is 5.96. The van der Waals surface area contributed by atoms with Crippen LogP contribution in [0.25, 0.3) is 21.8 Å². The molecule has 0 fully saturated rings. The summed E-state index contributed by atoms with van der Waals surface area (Å²) in [5.74, 6) is 0.764. The summed E-state index contributed by atoms with van der Waals surface area (Å²) in [6.07, 6.45) is 1.75. The minimum Gasteiger partial charge on any atom is -0.398 e. The van der Waals surface area contributed by atoms with Crippen molar-refractivity contribution in [2.45, 2.75) is 0 Å². The molecule has 0 aliphatic rings. The third-order valence-corrected chi connectivity index (χ3v) is 3.62. The van der Waals surface area contributed by atoms with Gasteiger partial charge >= 0.3 is 0 Å². The minimum atomic E-state index is 0.714. The molecular formula is C15H14N6. The second-order valence-electron chi connectivity index (χ2n) is 4.94. The highest BCUT2D eigenvalue weighted by molar-refractivity contribution is 5.92. The monoisotopic (exact) mass is 278 g/mol. The zero-order valence-electron chi connectivity index (χ0n) is 11.5. The fourth-order valence-corrected chi connectivity index (χ4v) is 2.56. The first-order valence-electron chi connectivity index (χ1n) is 6.65. The van der Waals surface area contributed by atoms with Crippen LogP contribution in [0.3, 0.4) is 0 Å². The van der Waals surface area contributed by atoms with E-state index in [2.05, 4.69) is 15.6 Å². The number of fused-ring (bicyclic) bond motifs is 2. The Morgan fingerprint density at radius 1 is 1.00 bits per heavy atom. The van der Waals surface area contributed by atoms with Gasteiger partial charge in [0.2, 0.25) is 0 Å². The summed E-state index contributed by atoms with van der Waals surface area (Å²) in [5, 5.41) is 10.8. The van der Waals surface area contributed by atoms with Crippen LogP contribution >= 0.6 is 0 Å². The van der Waals surface area contributed by atoms with E-state index in [1.807, 2.05) is 54.2 Å². The summed E-state index contributed by atoms with van der Waals surface area (Å²) in [7, 11) is 1.92.